The highest BCUT2D eigenvalue weighted by atomic mass is 79.9. The van der Waals surface area contributed by atoms with Crippen LogP contribution in [0.5, 0.6) is 0 Å². The van der Waals surface area contributed by atoms with Gasteiger partial charge in [0.15, 0.2) is 0 Å². The van der Waals surface area contributed by atoms with Gasteiger partial charge in [-0.15, -0.1) is 11.3 Å². The topological polar surface area (TPSA) is 26.0 Å². The Morgan fingerprint density at radius 2 is 2.36 bits per heavy atom. The Labute approximate surface area is 78.7 Å². The average molecular weight is 232 g/mol. The minimum Gasteiger partial charge on any atom is -0.323 e. The summed E-state index contributed by atoms with van der Waals surface area (Å²) in [6, 6.07) is 2.35. The molecule has 0 bridgehead atoms. The van der Waals surface area contributed by atoms with Crippen LogP contribution in [0.1, 0.15) is 23.8 Å². The van der Waals surface area contributed by atoms with Crippen LogP contribution in [-0.2, 0) is 0 Å². The fourth-order valence-electron chi connectivity index (χ4n) is 1.21. The number of rotatable bonds is 2. The van der Waals surface area contributed by atoms with Crippen molar-refractivity contribution >= 4 is 27.3 Å². The Hall–Kier alpha value is 0.140. The minimum atomic E-state index is 0.282. The number of nitrogens with two attached hydrogens (primary N) is 1. The fraction of sp³-hybridized carbons (Fsp3) is 0.500. The first-order valence-corrected chi connectivity index (χ1v) is 5.45. The van der Waals surface area contributed by atoms with Gasteiger partial charge in [-0.1, -0.05) is 0 Å². The second-order valence-electron chi connectivity index (χ2n) is 3.00. The van der Waals surface area contributed by atoms with Gasteiger partial charge in [-0.05, 0) is 46.1 Å². The molecular formula is C8H10BrNS. The zero-order valence-electron chi connectivity index (χ0n) is 6.09. The van der Waals surface area contributed by atoms with E-state index >= 15 is 0 Å². The highest BCUT2D eigenvalue weighted by molar-refractivity contribution is 9.10. The summed E-state index contributed by atoms with van der Waals surface area (Å²) in [6.45, 7) is 0. The van der Waals surface area contributed by atoms with Crippen LogP contribution in [0, 0.1) is 5.92 Å². The molecule has 1 aromatic rings. The summed E-state index contributed by atoms with van der Waals surface area (Å²) in [6.07, 6.45) is 2.62. The van der Waals surface area contributed by atoms with Gasteiger partial charge in [-0.3, -0.25) is 0 Å². The largest absolute Gasteiger partial charge is 0.323 e. The fourth-order valence-corrected chi connectivity index (χ4v) is 2.95. The van der Waals surface area contributed by atoms with Crippen molar-refractivity contribution in [1.82, 2.24) is 0 Å². The highest BCUT2D eigenvalue weighted by Crippen LogP contribution is 2.43. The monoisotopic (exact) mass is 231 g/mol. The summed E-state index contributed by atoms with van der Waals surface area (Å²) in [4.78, 5) is 1.31. The van der Waals surface area contributed by atoms with Gasteiger partial charge in [0, 0.05) is 15.4 Å². The van der Waals surface area contributed by atoms with Crippen molar-refractivity contribution in [3.63, 3.8) is 0 Å². The van der Waals surface area contributed by atoms with E-state index in [2.05, 4.69) is 27.4 Å². The zero-order chi connectivity index (χ0) is 7.84. The molecular weight excluding hydrogens is 222 g/mol. The number of thiophene rings is 1. The van der Waals surface area contributed by atoms with E-state index in [0.717, 1.165) is 5.92 Å². The number of halogens is 1. The van der Waals surface area contributed by atoms with Crippen LogP contribution in [0.25, 0.3) is 0 Å². The molecule has 1 heterocycles. The molecule has 1 fully saturated rings. The molecule has 1 aliphatic rings. The third-order valence-corrected chi connectivity index (χ3v) is 4.05. The van der Waals surface area contributed by atoms with Gasteiger partial charge in [0.2, 0.25) is 0 Å². The summed E-state index contributed by atoms with van der Waals surface area (Å²) in [7, 11) is 0. The van der Waals surface area contributed by atoms with E-state index in [0.29, 0.717) is 0 Å². The van der Waals surface area contributed by atoms with Crippen LogP contribution < -0.4 is 5.73 Å². The second-order valence-corrected chi connectivity index (χ2v) is 4.80. The Morgan fingerprint density at radius 3 is 2.82 bits per heavy atom. The molecule has 1 atom stereocenters. The van der Waals surface area contributed by atoms with Crippen molar-refractivity contribution in [2.75, 3.05) is 0 Å². The van der Waals surface area contributed by atoms with E-state index < -0.39 is 0 Å². The predicted molar refractivity (Wildman–Crippen MR) is 51.7 cm³/mol. The van der Waals surface area contributed by atoms with Gasteiger partial charge in [-0.2, -0.15) is 0 Å². The lowest BCUT2D eigenvalue weighted by Gasteiger charge is -2.07. The van der Waals surface area contributed by atoms with Crippen LogP contribution in [0.4, 0.5) is 0 Å². The van der Waals surface area contributed by atoms with Gasteiger partial charge in [0.25, 0.3) is 0 Å². The molecule has 0 saturated heterocycles. The standard InChI is InChI=1S/C8H10BrNS/c9-6-3-4-11-8(6)7(10)5-1-2-5/h3-5,7H,1-2,10H2/t7-/m0/s1. The van der Waals surface area contributed by atoms with Gasteiger partial charge in [0.1, 0.15) is 0 Å². The maximum atomic E-state index is 6.03. The van der Waals surface area contributed by atoms with Gasteiger partial charge in [-0.25, -0.2) is 0 Å². The second kappa shape index (κ2) is 2.88. The van der Waals surface area contributed by atoms with E-state index in [1.807, 2.05) is 0 Å². The Morgan fingerprint density at radius 1 is 1.64 bits per heavy atom. The lowest BCUT2D eigenvalue weighted by Crippen LogP contribution is -2.10. The molecule has 1 saturated carbocycles. The van der Waals surface area contributed by atoms with Gasteiger partial charge in [0.05, 0.1) is 0 Å². The first kappa shape index (κ1) is 7.77. The normalized spacial score (nSPS) is 20.2. The van der Waals surface area contributed by atoms with E-state index in [1.165, 1.54) is 22.2 Å². The van der Waals surface area contributed by atoms with Crippen molar-refractivity contribution in [3.05, 3.63) is 20.8 Å². The summed E-state index contributed by atoms with van der Waals surface area (Å²) in [5, 5.41) is 2.08. The smallest absolute Gasteiger partial charge is 0.0429 e. The van der Waals surface area contributed by atoms with Gasteiger partial charge < -0.3 is 5.73 Å². The SMILES string of the molecule is N[C@H](c1sccc1Br)C1CC1. The van der Waals surface area contributed by atoms with E-state index in [-0.39, 0.29) is 6.04 Å². The Balaban J connectivity index is 2.20. The van der Waals surface area contributed by atoms with Crippen molar-refractivity contribution in [2.24, 2.45) is 11.7 Å². The highest BCUT2D eigenvalue weighted by Gasteiger charge is 2.31. The van der Waals surface area contributed by atoms with Crippen molar-refractivity contribution in [3.8, 4) is 0 Å². The third-order valence-electron chi connectivity index (χ3n) is 2.08. The van der Waals surface area contributed by atoms with E-state index in [1.54, 1.807) is 11.3 Å². The van der Waals surface area contributed by atoms with Crippen LogP contribution in [0.15, 0.2) is 15.9 Å². The van der Waals surface area contributed by atoms with Crippen LogP contribution in [-0.4, -0.2) is 0 Å². The molecule has 0 aliphatic heterocycles. The first-order valence-electron chi connectivity index (χ1n) is 3.77. The molecule has 1 aliphatic carbocycles. The minimum absolute atomic E-state index is 0.282. The molecule has 0 aromatic carbocycles. The molecule has 0 amide bonds. The number of hydrogen-bond donors (Lipinski definition) is 1. The lowest BCUT2D eigenvalue weighted by atomic mass is 10.2. The van der Waals surface area contributed by atoms with Crippen LogP contribution in [0.3, 0.4) is 0 Å². The third kappa shape index (κ3) is 1.50. The quantitative estimate of drug-likeness (QED) is 0.833. The summed E-state index contributed by atoms with van der Waals surface area (Å²) < 4.78 is 1.18. The maximum Gasteiger partial charge on any atom is 0.0429 e. The first-order chi connectivity index (χ1) is 5.29. The Kier molecular flexibility index (Phi) is 2.04. The average Bonchev–Trinajstić information content (AvgIpc) is 2.74. The molecule has 2 N–H and O–H groups in total. The summed E-state index contributed by atoms with van der Waals surface area (Å²) >= 11 is 5.25. The van der Waals surface area contributed by atoms with Crippen molar-refractivity contribution in [1.29, 1.82) is 0 Å². The van der Waals surface area contributed by atoms with Crippen LogP contribution >= 0.6 is 27.3 Å². The zero-order valence-corrected chi connectivity index (χ0v) is 8.49. The lowest BCUT2D eigenvalue weighted by molar-refractivity contribution is 0.642. The summed E-state index contributed by atoms with van der Waals surface area (Å²) in [5.41, 5.74) is 6.03. The van der Waals surface area contributed by atoms with Crippen molar-refractivity contribution in [2.45, 2.75) is 18.9 Å². The Bertz CT molecular complexity index is 254. The molecule has 3 heteroatoms. The molecule has 60 valence electrons. The van der Waals surface area contributed by atoms with E-state index in [4.69, 9.17) is 5.73 Å². The number of hydrogen-bond acceptors (Lipinski definition) is 2. The molecule has 1 aromatic heterocycles. The van der Waals surface area contributed by atoms with Crippen LogP contribution in [0.2, 0.25) is 0 Å². The maximum absolute atomic E-state index is 6.03. The predicted octanol–water partition coefficient (Wildman–Crippen LogP) is 2.92. The van der Waals surface area contributed by atoms with E-state index in [9.17, 15) is 0 Å². The molecule has 2 rings (SSSR count). The molecule has 0 spiro atoms. The molecule has 0 radical (unpaired) electrons. The molecule has 1 nitrogen and oxygen atoms in total. The van der Waals surface area contributed by atoms with Gasteiger partial charge >= 0.3 is 0 Å². The summed E-state index contributed by atoms with van der Waals surface area (Å²) in [5.74, 6) is 0.755. The van der Waals surface area contributed by atoms with Crippen molar-refractivity contribution < 1.29 is 0 Å². The molecule has 11 heavy (non-hydrogen) atoms. The molecule has 0 unspecified atom stereocenters.